The summed E-state index contributed by atoms with van der Waals surface area (Å²) in [5, 5.41) is 6.45. The molecule has 1 atom stereocenters. The lowest BCUT2D eigenvalue weighted by atomic mass is 10.0. The standard InChI is InChI=1S/C18H19N3O5/c1-24-17(22)19-9-14-10-21(18(23)25-14)13-5-6-15-11(7-13)3-2-4-12-8-20-26-16(12)15/h5-8,14H,2-4,9-10H2,1H3,(H,19,22)/t14-/m0/s1. The highest BCUT2D eigenvalue weighted by Gasteiger charge is 2.33. The summed E-state index contributed by atoms with van der Waals surface area (Å²) < 4.78 is 15.3. The fraction of sp³-hybridized carbons (Fsp3) is 0.389. The first kappa shape index (κ1) is 16.4. The van der Waals surface area contributed by atoms with E-state index in [4.69, 9.17) is 9.26 Å². The quantitative estimate of drug-likeness (QED) is 0.907. The van der Waals surface area contributed by atoms with Gasteiger partial charge in [-0.05, 0) is 43.0 Å². The van der Waals surface area contributed by atoms with E-state index >= 15 is 0 Å². The van der Waals surface area contributed by atoms with Crippen molar-refractivity contribution in [1.29, 1.82) is 0 Å². The summed E-state index contributed by atoms with van der Waals surface area (Å²) >= 11 is 0. The van der Waals surface area contributed by atoms with Crippen LogP contribution >= 0.6 is 0 Å². The largest absolute Gasteiger partial charge is 0.453 e. The summed E-state index contributed by atoms with van der Waals surface area (Å²) in [5.74, 6) is 0.813. The average molecular weight is 357 g/mol. The van der Waals surface area contributed by atoms with Crippen LogP contribution in [0.1, 0.15) is 17.5 Å². The Hall–Kier alpha value is -3.03. The molecule has 1 N–H and O–H groups in total. The number of rotatable bonds is 3. The molecule has 8 nitrogen and oxygen atoms in total. The molecule has 8 heteroatoms. The van der Waals surface area contributed by atoms with Crippen molar-refractivity contribution >= 4 is 17.9 Å². The summed E-state index contributed by atoms with van der Waals surface area (Å²) in [6, 6.07) is 5.85. The molecule has 2 aromatic rings. The van der Waals surface area contributed by atoms with Gasteiger partial charge in [0, 0.05) is 16.8 Å². The van der Waals surface area contributed by atoms with Gasteiger partial charge >= 0.3 is 12.2 Å². The molecule has 26 heavy (non-hydrogen) atoms. The van der Waals surface area contributed by atoms with E-state index < -0.39 is 18.3 Å². The number of nitrogens with one attached hydrogen (secondary N) is 1. The number of nitrogens with zero attached hydrogens (tertiary/aromatic N) is 2. The molecule has 0 unspecified atom stereocenters. The highest BCUT2D eigenvalue weighted by atomic mass is 16.6. The molecule has 4 rings (SSSR count). The van der Waals surface area contributed by atoms with Crippen LogP contribution in [0.4, 0.5) is 15.3 Å². The Morgan fingerprint density at radius 3 is 3.08 bits per heavy atom. The molecule has 1 aromatic carbocycles. The number of alkyl carbamates (subject to hydrolysis) is 1. The van der Waals surface area contributed by atoms with Crippen LogP contribution < -0.4 is 10.2 Å². The number of aryl methyl sites for hydroxylation is 2. The Morgan fingerprint density at radius 2 is 2.23 bits per heavy atom. The number of carbonyl (C=O) groups is 2. The maximum atomic E-state index is 12.2. The molecule has 0 spiro atoms. The third-order valence-electron chi connectivity index (χ3n) is 4.72. The lowest BCUT2D eigenvalue weighted by Crippen LogP contribution is -2.34. The minimum absolute atomic E-state index is 0.210. The van der Waals surface area contributed by atoms with E-state index in [-0.39, 0.29) is 6.54 Å². The predicted molar refractivity (Wildman–Crippen MR) is 92.0 cm³/mol. The summed E-state index contributed by atoms with van der Waals surface area (Å²) in [6.45, 7) is 0.580. The zero-order valence-electron chi connectivity index (χ0n) is 14.4. The highest BCUT2D eigenvalue weighted by molar-refractivity contribution is 5.90. The van der Waals surface area contributed by atoms with Crippen LogP contribution in [0.3, 0.4) is 0 Å². The Morgan fingerprint density at radius 1 is 1.38 bits per heavy atom. The fourth-order valence-corrected chi connectivity index (χ4v) is 3.41. The second-order valence-corrected chi connectivity index (χ2v) is 6.36. The van der Waals surface area contributed by atoms with Crippen molar-refractivity contribution in [2.45, 2.75) is 25.4 Å². The number of carbonyl (C=O) groups excluding carboxylic acids is 2. The minimum Gasteiger partial charge on any atom is -0.453 e. The van der Waals surface area contributed by atoms with Crippen molar-refractivity contribution in [2.24, 2.45) is 0 Å². The second-order valence-electron chi connectivity index (χ2n) is 6.36. The van der Waals surface area contributed by atoms with E-state index in [2.05, 4.69) is 15.2 Å². The van der Waals surface area contributed by atoms with E-state index in [9.17, 15) is 9.59 Å². The van der Waals surface area contributed by atoms with Crippen molar-refractivity contribution < 1.29 is 23.6 Å². The maximum absolute atomic E-state index is 12.2. The molecule has 2 amide bonds. The lowest BCUT2D eigenvalue weighted by Gasteiger charge is -2.15. The Labute approximate surface area is 150 Å². The molecule has 136 valence electrons. The summed E-state index contributed by atoms with van der Waals surface area (Å²) in [6.07, 6.45) is 3.22. The smallest absolute Gasteiger partial charge is 0.414 e. The molecule has 0 bridgehead atoms. The van der Waals surface area contributed by atoms with Crippen LogP contribution in [0.15, 0.2) is 28.9 Å². The number of aromatic nitrogens is 1. The number of benzene rings is 1. The first-order valence-electron chi connectivity index (χ1n) is 8.52. The normalized spacial score (nSPS) is 18.6. The van der Waals surface area contributed by atoms with Gasteiger partial charge in [0.15, 0.2) is 5.76 Å². The topological polar surface area (TPSA) is 93.9 Å². The molecule has 0 radical (unpaired) electrons. The number of hydrogen-bond donors (Lipinski definition) is 1. The highest BCUT2D eigenvalue weighted by Crippen LogP contribution is 2.35. The predicted octanol–water partition coefficient (Wildman–Crippen LogP) is 2.51. The van der Waals surface area contributed by atoms with Crippen molar-refractivity contribution in [3.8, 4) is 11.3 Å². The van der Waals surface area contributed by atoms with Gasteiger partial charge in [0.1, 0.15) is 6.10 Å². The molecule has 1 saturated heterocycles. The van der Waals surface area contributed by atoms with E-state index in [1.165, 1.54) is 7.11 Å². The van der Waals surface area contributed by atoms with Gasteiger partial charge in [0.25, 0.3) is 0 Å². The molecular formula is C18H19N3O5. The van der Waals surface area contributed by atoms with Gasteiger partial charge in [-0.1, -0.05) is 5.16 Å². The van der Waals surface area contributed by atoms with Crippen LogP contribution in [0, 0.1) is 0 Å². The molecular weight excluding hydrogens is 338 g/mol. The number of hydrogen-bond acceptors (Lipinski definition) is 6. The van der Waals surface area contributed by atoms with E-state index in [0.29, 0.717) is 6.54 Å². The number of anilines is 1. The van der Waals surface area contributed by atoms with Gasteiger partial charge in [0.05, 0.1) is 26.4 Å². The van der Waals surface area contributed by atoms with Crippen molar-refractivity contribution in [1.82, 2.24) is 10.5 Å². The van der Waals surface area contributed by atoms with Crippen LogP contribution in [0.5, 0.6) is 0 Å². The van der Waals surface area contributed by atoms with E-state index in [1.807, 2.05) is 18.2 Å². The van der Waals surface area contributed by atoms with Crippen molar-refractivity contribution in [3.05, 3.63) is 35.5 Å². The Bertz CT molecular complexity index is 847. The van der Waals surface area contributed by atoms with Crippen molar-refractivity contribution in [2.75, 3.05) is 25.1 Å². The van der Waals surface area contributed by atoms with Crippen molar-refractivity contribution in [3.63, 3.8) is 0 Å². The summed E-state index contributed by atoms with van der Waals surface area (Å²) in [7, 11) is 1.29. The Kier molecular flexibility index (Phi) is 4.24. The second kappa shape index (κ2) is 6.70. The molecule has 1 aliphatic heterocycles. The first-order chi connectivity index (χ1) is 12.7. The number of amides is 2. The van der Waals surface area contributed by atoms with Crippen LogP contribution in [-0.2, 0) is 22.3 Å². The molecule has 1 fully saturated rings. The zero-order valence-corrected chi connectivity index (χ0v) is 14.4. The van der Waals surface area contributed by atoms with Crippen LogP contribution in [-0.4, -0.2) is 43.6 Å². The van der Waals surface area contributed by atoms with Gasteiger partial charge < -0.3 is 19.3 Å². The number of methoxy groups -OCH3 is 1. The molecule has 2 aliphatic rings. The summed E-state index contributed by atoms with van der Waals surface area (Å²) in [5.41, 5.74) is 4.04. The number of cyclic esters (lactones) is 1. The number of fused-ring (bicyclic) bond motifs is 3. The third-order valence-corrected chi connectivity index (χ3v) is 4.72. The minimum atomic E-state index is -0.549. The fourth-order valence-electron chi connectivity index (χ4n) is 3.41. The Balaban J connectivity index is 1.53. The molecule has 1 aromatic heterocycles. The summed E-state index contributed by atoms with van der Waals surface area (Å²) in [4.78, 5) is 25.0. The zero-order chi connectivity index (χ0) is 18.1. The average Bonchev–Trinajstić information content (AvgIpc) is 3.22. The van der Waals surface area contributed by atoms with Gasteiger partial charge in [-0.2, -0.15) is 0 Å². The molecule has 2 heterocycles. The SMILES string of the molecule is COC(=O)NC[C@H]1CN(c2ccc3c(c2)CCCc2cnoc2-3)C(=O)O1. The first-order valence-corrected chi connectivity index (χ1v) is 8.52. The third kappa shape index (κ3) is 2.98. The van der Waals surface area contributed by atoms with Gasteiger partial charge in [-0.25, -0.2) is 9.59 Å². The van der Waals surface area contributed by atoms with Crippen LogP contribution in [0.2, 0.25) is 0 Å². The van der Waals surface area contributed by atoms with Gasteiger partial charge in [-0.3, -0.25) is 4.90 Å². The number of ether oxygens (including phenoxy) is 2. The van der Waals surface area contributed by atoms with Crippen LogP contribution in [0.25, 0.3) is 11.3 Å². The van der Waals surface area contributed by atoms with Gasteiger partial charge in [0.2, 0.25) is 0 Å². The maximum Gasteiger partial charge on any atom is 0.414 e. The molecule has 0 saturated carbocycles. The molecule has 1 aliphatic carbocycles. The van der Waals surface area contributed by atoms with E-state index in [0.717, 1.165) is 47.4 Å². The monoisotopic (exact) mass is 357 g/mol. The lowest BCUT2D eigenvalue weighted by molar-refractivity contribution is 0.132. The van der Waals surface area contributed by atoms with E-state index in [1.54, 1.807) is 11.1 Å². The van der Waals surface area contributed by atoms with Gasteiger partial charge in [-0.15, -0.1) is 0 Å².